The van der Waals surface area contributed by atoms with E-state index in [1.165, 1.54) is 12.1 Å². The zero-order valence-corrected chi connectivity index (χ0v) is 12.8. The molecule has 0 aliphatic rings. The number of anilines is 3. The molecule has 0 saturated carbocycles. The smallest absolute Gasteiger partial charge is 0.311 e. The Morgan fingerprint density at radius 1 is 1.30 bits per heavy atom. The highest BCUT2D eigenvalue weighted by atomic mass is 16.6. The highest BCUT2D eigenvalue weighted by Crippen LogP contribution is 2.28. The largest absolute Gasteiger partial charge is 0.497 e. The van der Waals surface area contributed by atoms with Crippen molar-refractivity contribution in [1.29, 1.82) is 0 Å². The van der Waals surface area contributed by atoms with Gasteiger partial charge in [0, 0.05) is 17.8 Å². The first-order valence-corrected chi connectivity index (χ1v) is 6.97. The summed E-state index contributed by atoms with van der Waals surface area (Å²) in [5.74, 6) is 1.24. The predicted molar refractivity (Wildman–Crippen MR) is 87.3 cm³/mol. The molecule has 1 heterocycles. The third-order valence-electron chi connectivity index (χ3n) is 3.09. The van der Waals surface area contributed by atoms with Gasteiger partial charge in [-0.1, -0.05) is 0 Å². The number of nitrogens with one attached hydrogen (secondary N) is 2. The van der Waals surface area contributed by atoms with Gasteiger partial charge in [0.2, 0.25) is 5.82 Å². The summed E-state index contributed by atoms with van der Waals surface area (Å²) in [5.41, 5.74) is 0.511. The summed E-state index contributed by atoms with van der Waals surface area (Å²) in [6.07, 6.45) is 0. The fourth-order valence-electron chi connectivity index (χ4n) is 1.88. The van der Waals surface area contributed by atoms with Crippen molar-refractivity contribution in [2.45, 2.75) is 13.0 Å². The molecule has 3 N–H and O–H groups in total. The maximum absolute atomic E-state index is 11.1. The summed E-state index contributed by atoms with van der Waals surface area (Å²) in [6.45, 7) is 1.71. The Kier molecular flexibility index (Phi) is 5.32. The van der Waals surface area contributed by atoms with E-state index in [1.54, 1.807) is 38.3 Å². The molecule has 0 aliphatic carbocycles. The van der Waals surface area contributed by atoms with Crippen molar-refractivity contribution in [3.05, 3.63) is 46.5 Å². The molecule has 0 radical (unpaired) electrons. The Morgan fingerprint density at radius 3 is 2.57 bits per heavy atom. The number of methoxy groups -OCH3 is 1. The molecule has 1 atom stereocenters. The van der Waals surface area contributed by atoms with Gasteiger partial charge in [0.15, 0.2) is 0 Å². The average molecular weight is 318 g/mol. The van der Waals surface area contributed by atoms with Crippen LogP contribution in [0.3, 0.4) is 0 Å². The van der Waals surface area contributed by atoms with E-state index in [4.69, 9.17) is 9.84 Å². The molecule has 0 fully saturated rings. The zero-order chi connectivity index (χ0) is 16.8. The van der Waals surface area contributed by atoms with Crippen LogP contribution >= 0.6 is 0 Å². The first kappa shape index (κ1) is 16.5. The highest BCUT2D eigenvalue weighted by Gasteiger charge is 2.17. The van der Waals surface area contributed by atoms with Gasteiger partial charge < -0.3 is 20.5 Å². The number of aliphatic hydroxyl groups excluding tert-OH is 1. The third kappa shape index (κ3) is 4.30. The minimum absolute atomic E-state index is 0.0695. The van der Waals surface area contributed by atoms with Gasteiger partial charge in [-0.2, -0.15) is 0 Å². The zero-order valence-electron chi connectivity index (χ0n) is 12.8. The van der Waals surface area contributed by atoms with E-state index in [0.29, 0.717) is 17.3 Å². The number of nitro groups is 1. The summed E-state index contributed by atoms with van der Waals surface area (Å²) in [7, 11) is 1.56. The monoisotopic (exact) mass is 318 g/mol. The molecule has 1 unspecified atom stereocenters. The quantitative estimate of drug-likeness (QED) is 0.531. The number of pyridine rings is 1. The molecule has 2 rings (SSSR count). The maximum atomic E-state index is 11.1. The lowest BCUT2D eigenvalue weighted by Gasteiger charge is -2.13. The molecule has 0 aliphatic heterocycles. The van der Waals surface area contributed by atoms with Crippen molar-refractivity contribution in [2.75, 3.05) is 24.4 Å². The fourth-order valence-corrected chi connectivity index (χ4v) is 1.88. The van der Waals surface area contributed by atoms with E-state index >= 15 is 0 Å². The number of aliphatic hydroxyl groups is 1. The van der Waals surface area contributed by atoms with E-state index in [2.05, 4.69) is 15.6 Å². The van der Waals surface area contributed by atoms with E-state index in [-0.39, 0.29) is 24.2 Å². The van der Waals surface area contributed by atoms with Crippen molar-refractivity contribution in [1.82, 2.24) is 4.98 Å². The minimum atomic E-state index is -0.502. The van der Waals surface area contributed by atoms with E-state index < -0.39 is 4.92 Å². The van der Waals surface area contributed by atoms with Crippen LogP contribution in [0.4, 0.5) is 23.0 Å². The predicted octanol–water partition coefficient (Wildman–Crippen LogP) is 2.53. The standard InChI is InChI=1S/C15H18N4O4/c1-10(9-20)16-14-8-7-13(19(21)22)15(18-14)17-11-3-5-12(23-2)6-4-11/h3-8,10,20H,9H2,1-2H3,(H2,16,17,18). The average Bonchev–Trinajstić information content (AvgIpc) is 2.55. The molecular formula is C15H18N4O4. The molecule has 23 heavy (non-hydrogen) atoms. The Labute approximate surface area is 133 Å². The van der Waals surface area contributed by atoms with Gasteiger partial charge in [-0.3, -0.25) is 10.1 Å². The van der Waals surface area contributed by atoms with Gasteiger partial charge in [-0.15, -0.1) is 0 Å². The van der Waals surface area contributed by atoms with Gasteiger partial charge in [-0.25, -0.2) is 4.98 Å². The number of nitrogens with zero attached hydrogens (tertiary/aromatic N) is 2. The normalized spacial score (nSPS) is 11.6. The molecular weight excluding hydrogens is 300 g/mol. The van der Waals surface area contributed by atoms with Crippen LogP contribution in [-0.2, 0) is 0 Å². The van der Waals surface area contributed by atoms with Crippen molar-refractivity contribution in [2.24, 2.45) is 0 Å². The van der Waals surface area contributed by atoms with Crippen molar-refractivity contribution in [3.8, 4) is 5.75 Å². The van der Waals surface area contributed by atoms with Gasteiger partial charge >= 0.3 is 5.69 Å². The maximum Gasteiger partial charge on any atom is 0.311 e. The topological polar surface area (TPSA) is 110 Å². The molecule has 2 aromatic rings. The molecule has 0 bridgehead atoms. The van der Waals surface area contributed by atoms with Crippen LogP contribution in [0, 0.1) is 10.1 Å². The van der Waals surface area contributed by atoms with Crippen LogP contribution in [0.5, 0.6) is 5.75 Å². The molecule has 0 saturated heterocycles. The fraction of sp³-hybridized carbons (Fsp3) is 0.267. The lowest BCUT2D eigenvalue weighted by Crippen LogP contribution is -2.20. The van der Waals surface area contributed by atoms with Crippen LogP contribution in [0.15, 0.2) is 36.4 Å². The number of hydrogen-bond donors (Lipinski definition) is 3. The van der Waals surface area contributed by atoms with Crippen molar-refractivity contribution in [3.63, 3.8) is 0 Å². The molecule has 8 heteroatoms. The second kappa shape index (κ2) is 7.41. The Bertz CT molecular complexity index is 676. The van der Waals surface area contributed by atoms with Gasteiger partial charge in [-0.05, 0) is 37.3 Å². The molecule has 1 aromatic heterocycles. The number of ether oxygens (including phenoxy) is 1. The van der Waals surface area contributed by atoms with Crippen molar-refractivity contribution >= 4 is 23.0 Å². The summed E-state index contributed by atoms with van der Waals surface area (Å²) < 4.78 is 5.07. The first-order chi connectivity index (χ1) is 11.0. The summed E-state index contributed by atoms with van der Waals surface area (Å²) in [4.78, 5) is 14.9. The van der Waals surface area contributed by atoms with Crippen LogP contribution in [0.2, 0.25) is 0 Å². The number of aromatic nitrogens is 1. The second-order valence-corrected chi connectivity index (χ2v) is 4.90. The Balaban J connectivity index is 2.28. The molecule has 8 nitrogen and oxygen atoms in total. The minimum Gasteiger partial charge on any atom is -0.497 e. The number of rotatable bonds is 7. The molecule has 122 valence electrons. The SMILES string of the molecule is COc1ccc(Nc2nc(NC(C)CO)ccc2[N+](=O)[O-])cc1. The number of benzene rings is 1. The van der Waals surface area contributed by atoms with Gasteiger partial charge in [0.05, 0.1) is 18.6 Å². The summed E-state index contributed by atoms with van der Waals surface area (Å²) in [6, 6.07) is 9.61. The van der Waals surface area contributed by atoms with Crippen LogP contribution in [-0.4, -0.2) is 34.8 Å². The Morgan fingerprint density at radius 2 is 2.00 bits per heavy atom. The van der Waals surface area contributed by atoms with Gasteiger partial charge in [0.1, 0.15) is 11.6 Å². The first-order valence-electron chi connectivity index (χ1n) is 6.97. The second-order valence-electron chi connectivity index (χ2n) is 4.90. The summed E-state index contributed by atoms with van der Waals surface area (Å²) in [5, 5.41) is 26.1. The summed E-state index contributed by atoms with van der Waals surface area (Å²) >= 11 is 0. The lowest BCUT2D eigenvalue weighted by atomic mass is 10.3. The molecule has 1 aromatic carbocycles. The molecule has 0 amide bonds. The number of hydrogen-bond acceptors (Lipinski definition) is 7. The van der Waals surface area contributed by atoms with Crippen LogP contribution < -0.4 is 15.4 Å². The third-order valence-corrected chi connectivity index (χ3v) is 3.09. The van der Waals surface area contributed by atoms with Crippen molar-refractivity contribution < 1.29 is 14.8 Å². The van der Waals surface area contributed by atoms with E-state index in [0.717, 1.165) is 0 Å². The molecule has 0 spiro atoms. The Hall–Kier alpha value is -2.87. The van der Waals surface area contributed by atoms with Crippen LogP contribution in [0.1, 0.15) is 6.92 Å². The highest BCUT2D eigenvalue weighted by molar-refractivity contribution is 5.68. The van der Waals surface area contributed by atoms with E-state index in [9.17, 15) is 10.1 Å². The van der Waals surface area contributed by atoms with Gasteiger partial charge in [0.25, 0.3) is 0 Å². The lowest BCUT2D eigenvalue weighted by molar-refractivity contribution is -0.384. The van der Waals surface area contributed by atoms with Crippen LogP contribution in [0.25, 0.3) is 0 Å². The van der Waals surface area contributed by atoms with E-state index in [1.807, 2.05) is 0 Å².